The summed E-state index contributed by atoms with van der Waals surface area (Å²) in [5.74, 6) is -0.544. The maximum Gasteiger partial charge on any atom is 0.243 e. The average Bonchev–Trinajstić information content (AvgIpc) is 2.64. The second kappa shape index (κ2) is 7.75. The van der Waals surface area contributed by atoms with Crippen LogP contribution in [0.3, 0.4) is 0 Å². The summed E-state index contributed by atoms with van der Waals surface area (Å²) in [6.07, 6.45) is 2.43. The van der Waals surface area contributed by atoms with Crippen molar-refractivity contribution in [3.8, 4) is 0 Å². The highest BCUT2D eigenvalue weighted by Gasteiger charge is 2.33. The van der Waals surface area contributed by atoms with E-state index in [1.807, 2.05) is 6.92 Å². The zero-order valence-electron chi connectivity index (χ0n) is 14.9. The van der Waals surface area contributed by atoms with Gasteiger partial charge in [0.2, 0.25) is 21.8 Å². The summed E-state index contributed by atoms with van der Waals surface area (Å²) in [7, 11) is -3.53. The molecule has 2 saturated heterocycles. The number of carbonyl (C=O) groups is 2. The number of nitrogens with zero attached hydrogens (tertiary/aromatic N) is 1. The summed E-state index contributed by atoms with van der Waals surface area (Å²) in [4.78, 5) is 24.5. The molecule has 2 aliphatic heterocycles. The van der Waals surface area contributed by atoms with E-state index in [1.54, 1.807) is 24.3 Å². The van der Waals surface area contributed by atoms with Crippen molar-refractivity contribution in [1.29, 1.82) is 0 Å². The van der Waals surface area contributed by atoms with Crippen molar-refractivity contribution in [3.05, 3.63) is 29.8 Å². The molecule has 0 radical (unpaired) electrons. The highest BCUT2D eigenvalue weighted by atomic mass is 32.2. The van der Waals surface area contributed by atoms with E-state index in [9.17, 15) is 18.0 Å². The Labute approximate surface area is 154 Å². The molecule has 0 spiro atoms. The third-order valence-corrected chi connectivity index (χ3v) is 7.00. The molecule has 142 valence electrons. The first-order valence-corrected chi connectivity index (χ1v) is 10.5. The molecule has 8 heteroatoms. The van der Waals surface area contributed by atoms with Gasteiger partial charge < -0.3 is 10.6 Å². The van der Waals surface area contributed by atoms with Gasteiger partial charge in [-0.15, -0.1) is 0 Å². The number of rotatable bonds is 4. The van der Waals surface area contributed by atoms with Gasteiger partial charge in [-0.25, -0.2) is 8.42 Å². The molecule has 1 unspecified atom stereocenters. The van der Waals surface area contributed by atoms with E-state index >= 15 is 0 Å². The number of carbonyl (C=O) groups excluding carboxylic acids is 2. The van der Waals surface area contributed by atoms with Gasteiger partial charge in [0.25, 0.3) is 0 Å². The van der Waals surface area contributed by atoms with Gasteiger partial charge in [-0.05, 0) is 44.7 Å². The van der Waals surface area contributed by atoms with Crippen LogP contribution in [0.2, 0.25) is 0 Å². The lowest BCUT2D eigenvalue weighted by atomic mass is 9.96. The molecule has 2 heterocycles. The van der Waals surface area contributed by atoms with Crippen LogP contribution >= 0.6 is 0 Å². The molecule has 2 N–H and O–H groups in total. The fraction of sp³-hybridized carbons (Fsp3) is 0.556. The third kappa shape index (κ3) is 4.07. The van der Waals surface area contributed by atoms with Crippen molar-refractivity contribution in [2.24, 2.45) is 5.92 Å². The van der Waals surface area contributed by atoms with Crippen LogP contribution in [0.15, 0.2) is 29.2 Å². The topological polar surface area (TPSA) is 95.6 Å². The fourth-order valence-electron chi connectivity index (χ4n) is 3.42. The molecule has 0 aromatic heterocycles. The molecule has 0 bridgehead atoms. The molecule has 2 aliphatic rings. The maximum absolute atomic E-state index is 12.7. The smallest absolute Gasteiger partial charge is 0.243 e. The van der Waals surface area contributed by atoms with E-state index < -0.39 is 16.1 Å². The van der Waals surface area contributed by atoms with Gasteiger partial charge >= 0.3 is 0 Å². The van der Waals surface area contributed by atoms with E-state index in [4.69, 9.17) is 0 Å². The summed E-state index contributed by atoms with van der Waals surface area (Å²) in [5, 5.41) is 5.56. The Balaban J connectivity index is 1.57. The zero-order chi connectivity index (χ0) is 18.7. The van der Waals surface area contributed by atoms with Crippen LogP contribution in [0, 0.1) is 12.8 Å². The molecule has 2 fully saturated rings. The van der Waals surface area contributed by atoms with Crippen LogP contribution in [0.5, 0.6) is 0 Å². The molecular weight excluding hydrogens is 354 g/mol. The Morgan fingerprint density at radius 3 is 2.42 bits per heavy atom. The monoisotopic (exact) mass is 379 g/mol. The van der Waals surface area contributed by atoms with Crippen molar-refractivity contribution in [3.63, 3.8) is 0 Å². The van der Waals surface area contributed by atoms with Crippen molar-refractivity contribution in [2.45, 2.75) is 43.5 Å². The SMILES string of the molecule is Cc1ccc(S(=O)(=O)N2CCC(C(=O)NC3CCCNC3=O)CC2)cc1. The van der Waals surface area contributed by atoms with E-state index in [-0.39, 0.29) is 22.6 Å². The average molecular weight is 379 g/mol. The van der Waals surface area contributed by atoms with E-state index in [0.29, 0.717) is 38.9 Å². The number of aryl methyl sites for hydroxylation is 1. The van der Waals surface area contributed by atoms with Crippen molar-refractivity contribution >= 4 is 21.8 Å². The van der Waals surface area contributed by atoms with E-state index in [2.05, 4.69) is 10.6 Å². The molecule has 7 nitrogen and oxygen atoms in total. The predicted octanol–water partition coefficient (Wildman–Crippen LogP) is 0.791. The predicted molar refractivity (Wildman–Crippen MR) is 96.8 cm³/mol. The third-order valence-electron chi connectivity index (χ3n) is 5.09. The van der Waals surface area contributed by atoms with Gasteiger partial charge in [-0.1, -0.05) is 17.7 Å². The number of piperidine rings is 2. The summed E-state index contributed by atoms with van der Waals surface area (Å²) < 4.78 is 26.9. The molecule has 1 aromatic rings. The number of hydrogen-bond acceptors (Lipinski definition) is 4. The Kier molecular flexibility index (Phi) is 5.62. The summed E-state index contributed by atoms with van der Waals surface area (Å²) in [6, 6.07) is 6.33. The van der Waals surface area contributed by atoms with Crippen molar-refractivity contribution < 1.29 is 18.0 Å². The van der Waals surface area contributed by atoms with Crippen LogP contribution in [-0.2, 0) is 19.6 Å². The molecule has 1 atom stereocenters. The zero-order valence-corrected chi connectivity index (χ0v) is 15.7. The standard InChI is InChI=1S/C18H25N3O4S/c1-13-4-6-15(7-5-13)26(24,25)21-11-8-14(9-12-21)17(22)20-16-3-2-10-19-18(16)23/h4-7,14,16H,2-3,8-12H2,1H3,(H,19,23)(H,20,22). The molecule has 1 aromatic carbocycles. The van der Waals surface area contributed by atoms with Crippen LogP contribution in [-0.4, -0.2) is 50.2 Å². The molecular formula is C18H25N3O4S. The fourth-order valence-corrected chi connectivity index (χ4v) is 4.89. The summed E-state index contributed by atoms with van der Waals surface area (Å²) in [6.45, 7) is 3.18. The molecule has 26 heavy (non-hydrogen) atoms. The Morgan fingerprint density at radius 1 is 1.15 bits per heavy atom. The maximum atomic E-state index is 12.7. The Hall–Kier alpha value is -1.93. The van der Waals surface area contributed by atoms with Crippen molar-refractivity contribution in [2.75, 3.05) is 19.6 Å². The van der Waals surface area contributed by atoms with Crippen LogP contribution in [0.4, 0.5) is 0 Å². The summed E-state index contributed by atoms with van der Waals surface area (Å²) in [5.41, 5.74) is 1.01. The number of benzene rings is 1. The molecule has 0 aliphatic carbocycles. The number of amides is 2. The van der Waals surface area contributed by atoms with Crippen LogP contribution in [0.1, 0.15) is 31.2 Å². The molecule has 2 amide bonds. The quantitative estimate of drug-likeness (QED) is 0.809. The summed E-state index contributed by atoms with van der Waals surface area (Å²) >= 11 is 0. The van der Waals surface area contributed by atoms with E-state index in [0.717, 1.165) is 12.0 Å². The Bertz CT molecular complexity index is 768. The number of nitrogens with one attached hydrogen (secondary N) is 2. The van der Waals surface area contributed by atoms with Crippen LogP contribution in [0.25, 0.3) is 0 Å². The first kappa shape index (κ1) is 18.8. The number of hydrogen-bond donors (Lipinski definition) is 2. The minimum atomic E-state index is -3.53. The molecule has 0 saturated carbocycles. The second-order valence-corrected chi connectivity index (χ2v) is 8.92. The minimum Gasteiger partial charge on any atom is -0.354 e. The number of sulfonamides is 1. The first-order valence-electron chi connectivity index (χ1n) is 9.03. The molecule has 3 rings (SSSR count). The minimum absolute atomic E-state index is 0.135. The van der Waals surface area contributed by atoms with Gasteiger partial charge in [0.15, 0.2) is 0 Å². The van der Waals surface area contributed by atoms with Gasteiger partial charge in [-0.2, -0.15) is 4.31 Å². The Morgan fingerprint density at radius 2 is 1.81 bits per heavy atom. The second-order valence-electron chi connectivity index (χ2n) is 6.99. The van der Waals surface area contributed by atoms with Crippen molar-refractivity contribution in [1.82, 2.24) is 14.9 Å². The highest BCUT2D eigenvalue weighted by Crippen LogP contribution is 2.24. The normalized spacial score (nSPS) is 22.7. The van der Waals surface area contributed by atoms with E-state index in [1.165, 1.54) is 4.31 Å². The van der Waals surface area contributed by atoms with Crippen LogP contribution < -0.4 is 10.6 Å². The lowest BCUT2D eigenvalue weighted by molar-refractivity contribution is -0.132. The highest BCUT2D eigenvalue weighted by molar-refractivity contribution is 7.89. The van der Waals surface area contributed by atoms with Gasteiger partial charge in [0.1, 0.15) is 6.04 Å². The van der Waals surface area contributed by atoms with Gasteiger partial charge in [0, 0.05) is 25.6 Å². The van der Waals surface area contributed by atoms with Gasteiger partial charge in [0.05, 0.1) is 4.90 Å². The largest absolute Gasteiger partial charge is 0.354 e. The first-order chi connectivity index (χ1) is 12.4. The lowest BCUT2D eigenvalue weighted by Crippen LogP contribution is -2.52. The lowest BCUT2D eigenvalue weighted by Gasteiger charge is -2.32. The van der Waals surface area contributed by atoms with Gasteiger partial charge in [-0.3, -0.25) is 9.59 Å².